The minimum atomic E-state index is 0.698. The predicted molar refractivity (Wildman–Crippen MR) is 80.5 cm³/mol. The first kappa shape index (κ1) is 12.9. The lowest BCUT2D eigenvalue weighted by Gasteiger charge is -2.20. The highest BCUT2D eigenvalue weighted by Crippen LogP contribution is 2.47. The fourth-order valence-corrected chi connectivity index (χ4v) is 5.06. The Hall–Kier alpha value is -0.0600. The third kappa shape index (κ3) is 3.28. The Morgan fingerprint density at radius 3 is 3.00 bits per heavy atom. The molecule has 2 nitrogen and oxygen atoms in total. The van der Waals surface area contributed by atoms with Crippen LogP contribution in [0.4, 0.5) is 0 Å². The molecule has 2 fully saturated rings. The standard InChI is InChI=1S/C14H21NOS2/c1-10-6-13(10)14-3-2-11(16-14)7-15-8-12-9-17-4-5-18-12/h2-3,10,12-13,15H,4-9H2,1H3. The van der Waals surface area contributed by atoms with Gasteiger partial charge in [0.2, 0.25) is 0 Å². The lowest BCUT2D eigenvalue weighted by molar-refractivity contribution is 0.445. The van der Waals surface area contributed by atoms with Gasteiger partial charge < -0.3 is 9.73 Å². The molecule has 2 heterocycles. The molecule has 1 aromatic rings. The molecule has 1 saturated carbocycles. The van der Waals surface area contributed by atoms with E-state index in [4.69, 9.17) is 4.42 Å². The molecule has 100 valence electrons. The monoisotopic (exact) mass is 283 g/mol. The summed E-state index contributed by atoms with van der Waals surface area (Å²) in [5.74, 6) is 7.74. The number of nitrogens with one attached hydrogen (secondary N) is 1. The van der Waals surface area contributed by atoms with E-state index in [1.165, 1.54) is 29.4 Å². The van der Waals surface area contributed by atoms with E-state index in [2.05, 4.69) is 47.9 Å². The van der Waals surface area contributed by atoms with E-state index in [9.17, 15) is 0 Å². The zero-order valence-electron chi connectivity index (χ0n) is 10.9. The minimum absolute atomic E-state index is 0.698. The number of furan rings is 1. The second-order valence-corrected chi connectivity index (χ2v) is 7.88. The fraction of sp³-hybridized carbons (Fsp3) is 0.714. The van der Waals surface area contributed by atoms with Gasteiger partial charge in [0.1, 0.15) is 11.5 Å². The molecule has 3 rings (SSSR count). The molecule has 1 aliphatic heterocycles. The summed E-state index contributed by atoms with van der Waals surface area (Å²) >= 11 is 4.19. The Bertz CT molecular complexity index is 387. The van der Waals surface area contributed by atoms with Crippen LogP contribution in [-0.4, -0.2) is 29.1 Å². The molecule has 1 aromatic heterocycles. The number of thioether (sulfide) groups is 2. The van der Waals surface area contributed by atoms with Gasteiger partial charge in [-0.1, -0.05) is 6.92 Å². The summed E-state index contributed by atoms with van der Waals surface area (Å²) in [6.45, 7) is 4.28. The van der Waals surface area contributed by atoms with Crippen LogP contribution in [0.1, 0.15) is 30.8 Å². The average Bonchev–Trinajstić information content (AvgIpc) is 2.94. The van der Waals surface area contributed by atoms with Gasteiger partial charge in [-0.3, -0.25) is 0 Å². The average molecular weight is 283 g/mol. The molecular weight excluding hydrogens is 262 g/mol. The van der Waals surface area contributed by atoms with Gasteiger partial charge in [0, 0.05) is 35.0 Å². The topological polar surface area (TPSA) is 25.2 Å². The van der Waals surface area contributed by atoms with E-state index in [0.717, 1.165) is 30.0 Å². The Kier molecular flexibility index (Phi) is 4.27. The molecule has 0 amide bonds. The molecule has 4 heteroatoms. The third-order valence-corrected chi connectivity index (χ3v) is 6.56. The SMILES string of the molecule is CC1CC1c1ccc(CNCC2CSCCS2)o1. The van der Waals surface area contributed by atoms with Gasteiger partial charge in [0.25, 0.3) is 0 Å². The van der Waals surface area contributed by atoms with Crippen molar-refractivity contribution in [2.24, 2.45) is 5.92 Å². The minimum Gasteiger partial charge on any atom is -0.464 e. The van der Waals surface area contributed by atoms with Crippen molar-refractivity contribution in [2.45, 2.75) is 31.1 Å². The van der Waals surface area contributed by atoms with Crippen molar-refractivity contribution in [2.75, 3.05) is 23.8 Å². The molecule has 0 radical (unpaired) electrons. The van der Waals surface area contributed by atoms with Crippen molar-refractivity contribution in [1.29, 1.82) is 0 Å². The van der Waals surface area contributed by atoms with E-state index in [-0.39, 0.29) is 0 Å². The molecule has 3 unspecified atom stereocenters. The number of hydrogen-bond donors (Lipinski definition) is 1. The molecule has 0 aromatic carbocycles. The highest BCUT2D eigenvalue weighted by molar-refractivity contribution is 8.06. The molecule has 1 saturated heterocycles. The van der Waals surface area contributed by atoms with Gasteiger partial charge in [0.15, 0.2) is 0 Å². The lowest BCUT2D eigenvalue weighted by atomic mass is 10.3. The second-order valence-electron chi connectivity index (χ2n) is 5.32. The van der Waals surface area contributed by atoms with E-state index in [0.29, 0.717) is 5.92 Å². The summed E-state index contributed by atoms with van der Waals surface area (Å²) in [6.07, 6.45) is 1.30. The van der Waals surface area contributed by atoms with Crippen molar-refractivity contribution < 1.29 is 4.42 Å². The van der Waals surface area contributed by atoms with Crippen molar-refractivity contribution in [1.82, 2.24) is 5.32 Å². The van der Waals surface area contributed by atoms with E-state index < -0.39 is 0 Å². The molecule has 0 spiro atoms. The summed E-state index contributed by atoms with van der Waals surface area (Å²) in [5.41, 5.74) is 0. The van der Waals surface area contributed by atoms with Crippen molar-refractivity contribution in [3.8, 4) is 0 Å². The van der Waals surface area contributed by atoms with E-state index in [1.54, 1.807) is 0 Å². The highest BCUT2D eigenvalue weighted by atomic mass is 32.2. The van der Waals surface area contributed by atoms with Crippen LogP contribution >= 0.6 is 23.5 Å². The van der Waals surface area contributed by atoms with Crippen LogP contribution in [-0.2, 0) is 6.54 Å². The van der Waals surface area contributed by atoms with Crippen molar-refractivity contribution in [3.63, 3.8) is 0 Å². The molecule has 1 N–H and O–H groups in total. The molecule has 1 aliphatic carbocycles. The van der Waals surface area contributed by atoms with Crippen LogP contribution in [0.5, 0.6) is 0 Å². The van der Waals surface area contributed by atoms with Crippen LogP contribution in [0.3, 0.4) is 0 Å². The van der Waals surface area contributed by atoms with Gasteiger partial charge >= 0.3 is 0 Å². The van der Waals surface area contributed by atoms with Crippen LogP contribution in [0, 0.1) is 5.92 Å². The van der Waals surface area contributed by atoms with Crippen LogP contribution in [0.15, 0.2) is 16.5 Å². The zero-order valence-corrected chi connectivity index (χ0v) is 12.5. The Morgan fingerprint density at radius 1 is 1.39 bits per heavy atom. The van der Waals surface area contributed by atoms with Crippen molar-refractivity contribution in [3.05, 3.63) is 23.7 Å². The first-order chi connectivity index (χ1) is 8.83. The summed E-state index contributed by atoms with van der Waals surface area (Å²) in [6, 6.07) is 4.30. The lowest BCUT2D eigenvalue weighted by Crippen LogP contribution is -2.28. The molecule has 2 aliphatic rings. The van der Waals surface area contributed by atoms with Gasteiger partial charge in [-0.05, 0) is 24.5 Å². The van der Waals surface area contributed by atoms with Crippen LogP contribution in [0.2, 0.25) is 0 Å². The normalized spacial score (nSPS) is 31.5. The van der Waals surface area contributed by atoms with Crippen LogP contribution < -0.4 is 5.32 Å². The second kappa shape index (κ2) is 5.93. The smallest absolute Gasteiger partial charge is 0.117 e. The van der Waals surface area contributed by atoms with Crippen LogP contribution in [0.25, 0.3) is 0 Å². The maximum Gasteiger partial charge on any atom is 0.117 e. The zero-order chi connectivity index (χ0) is 12.4. The van der Waals surface area contributed by atoms with E-state index in [1.807, 2.05) is 0 Å². The maximum atomic E-state index is 5.89. The Balaban J connectivity index is 1.41. The van der Waals surface area contributed by atoms with Gasteiger partial charge in [-0.25, -0.2) is 0 Å². The number of rotatable bonds is 5. The third-order valence-electron chi connectivity index (χ3n) is 3.71. The van der Waals surface area contributed by atoms with Gasteiger partial charge in [-0.2, -0.15) is 23.5 Å². The number of hydrogen-bond acceptors (Lipinski definition) is 4. The van der Waals surface area contributed by atoms with Crippen molar-refractivity contribution >= 4 is 23.5 Å². The van der Waals surface area contributed by atoms with Gasteiger partial charge in [0.05, 0.1) is 6.54 Å². The largest absolute Gasteiger partial charge is 0.464 e. The Labute approximate surface area is 118 Å². The Morgan fingerprint density at radius 2 is 2.28 bits per heavy atom. The summed E-state index contributed by atoms with van der Waals surface area (Å²) < 4.78 is 5.89. The fourth-order valence-electron chi connectivity index (χ4n) is 2.42. The quantitative estimate of drug-likeness (QED) is 0.896. The van der Waals surface area contributed by atoms with E-state index >= 15 is 0 Å². The predicted octanol–water partition coefficient (Wildman–Crippen LogP) is 3.34. The summed E-state index contributed by atoms with van der Waals surface area (Å²) in [5, 5.41) is 4.31. The molecule has 18 heavy (non-hydrogen) atoms. The molecule has 3 atom stereocenters. The first-order valence-corrected chi connectivity index (χ1v) is 9.02. The maximum absolute atomic E-state index is 5.89. The highest BCUT2D eigenvalue weighted by Gasteiger charge is 2.36. The molecular formula is C14H21NOS2. The summed E-state index contributed by atoms with van der Waals surface area (Å²) in [4.78, 5) is 0. The van der Waals surface area contributed by atoms with Gasteiger partial charge in [-0.15, -0.1) is 0 Å². The molecule has 0 bridgehead atoms. The first-order valence-electron chi connectivity index (χ1n) is 6.81. The summed E-state index contributed by atoms with van der Waals surface area (Å²) in [7, 11) is 0.